The molecule has 2 aromatic heterocycles. The Labute approximate surface area is 118 Å². The van der Waals surface area contributed by atoms with Crippen LogP contribution in [-0.2, 0) is 0 Å². The fourth-order valence-electron chi connectivity index (χ4n) is 1.75. The summed E-state index contributed by atoms with van der Waals surface area (Å²) < 4.78 is 6.66. The molecule has 0 radical (unpaired) electrons. The van der Waals surface area contributed by atoms with Crippen LogP contribution >= 0.6 is 22.9 Å². The highest BCUT2D eigenvalue weighted by molar-refractivity contribution is 7.17. The quantitative estimate of drug-likeness (QED) is 0.724. The standard InChI is InChI=1S/C13H10ClN3OS/c1-7-5-19-12-10(7)16-6-17-13(12)18-11-8(14)3-2-4-9(11)15/h2-6H,15H2,1H3. The summed E-state index contributed by atoms with van der Waals surface area (Å²) in [6.45, 7) is 2.00. The van der Waals surface area contributed by atoms with E-state index >= 15 is 0 Å². The van der Waals surface area contributed by atoms with Crippen LogP contribution in [0.15, 0.2) is 29.9 Å². The van der Waals surface area contributed by atoms with Gasteiger partial charge in [-0.1, -0.05) is 17.7 Å². The summed E-state index contributed by atoms with van der Waals surface area (Å²) in [5.74, 6) is 0.901. The van der Waals surface area contributed by atoms with Crippen molar-refractivity contribution in [1.29, 1.82) is 0 Å². The van der Waals surface area contributed by atoms with Crippen LogP contribution in [-0.4, -0.2) is 9.97 Å². The summed E-state index contributed by atoms with van der Waals surface area (Å²) in [6.07, 6.45) is 1.48. The Morgan fingerprint density at radius 1 is 1.32 bits per heavy atom. The van der Waals surface area contributed by atoms with Crippen LogP contribution in [0.25, 0.3) is 10.2 Å². The molecule has 3 aromatic rings. The highest BCUT2D eigenvalue weighted by atomic mass is 35.5. The highest BCUT2D eigenvalue weighted by Crippen LogP contribution is 2.38. The van der Waals surface area contributed by atoms with Gasteiger partial charge in [-0.2, -0.15) is 0 Å². The molecule has 0 bridgehead atoms. The van der Waals surface area contributed by atoms with Gasteiger partial charge < -0.3 is 10.5 Å². The van der Waals surface area contributed by atoms with Crippen LogP contribution < -0.4 is 10.5 Å². The average Bonchev–Trinajstić information content (AvgIpc) is 2.77. The first-order valence-corrected chi connectivity index (χ1v) is 6.83. The van der Waals surface area contributed by atoms with E-state index < -0.39 is 0 Å². The Morgan fingerprint density at radius 2 is 2.16 bits per heavy atom. The van der Waals surface area contributed by atoms with Gasteiger partial charge in [0.15, 0.2) is 5.75 Å². The number of aromatic nitrogens is 2. The van der Waals surface area contributed by atoms with Crippen molar-refractivity contribution in [2.45, 2.75) is 6.92 Å². The lowest BCUT2D eigenvalue weighted by atomic mass is 10.3. The van der Waals surface area contributed by atoms with Crippen LogP contribution in [0.1, 0.15) is 5.56 Å². The number of benzene rings is 1. The second-order valence-corrected chi connectivity index (χ2v) is 5.32. The molecular weight excluding hydrogens is 282 g/mol. The zero-order valence-electron chi connectivity index (χ0n) is 10.1. The molecule has 0 aliphatic carbocycles. The van der Waals surface area contributed by atoms with E-state index in [1.165, 1.54) is 17.7 Å². The zero-order valence-corrected chi connectivity index (χ0v) is 11.6. The third-order valence-corrected chi connectivity index (χ3v) is 4.07. The van der Waals surface area contributed by atoms with E-state index in [4.69, 9.17) is 22.1 Å². The van der Waals surface area contributed by atoms with Crippen molar-refractivity contribution >= 4 is 38.8 Å². The second-order valence-electron chi connectivity index (χ2n) is 4.04. The molecule has 4 nitrogen and oxygen atoms in total. The molecule has 0 aliphatic heterocycles. The molecule has 0 unspecified atom stereocenters. The maximum absolute atomic E-state index is 6.09. The summed E-state index contributed by atoms with van der Waals surface area (Å²) >= 11 is 7.63. The van der Waals surface area contributed by atoms with Gasteiger partial charge in [0, 0.05) is 0 Å². The van der Waals surface area contributed by atoms with E-state index in [0.717, 1.165) is 15.8 Å². The molecule has 0 saturated heterocycles. The molecule has 1 aromatic carbocycles. The van der Waals surface area contributed by atoms with E-state index in [9.17, 15) is 0 Å². The number of aryl methyl sites for hydroxylation is 1. The topological polar surface area (TPSA) is 61.0 Å². The number of ether oxygens (including phenoxy) is 1. The maximum atomic E-state index is 6.09. The Kier molecular flexibility index (Phi) is 3.00. The zero-order chi connectivity index (χ0) is 13.4. The molecule has 0 spiro atoms. The van der Waals surface area contributed by atoms with E-state index in [-0.39, 0.29) is 0 Å². The molecule has 0 fully saturated rings. The van der Waals surface area contributed by atoms with E-state index in [1.807, 2.05) is 12.3 Å². The van der Waals surface area contributed by atoms with E-state index in [0.29, 0.717) is 22.3 Å². The third kappa shape index (κ3) is 2.11. The van der Waals surface area contributed by atoms with Crippen molar-refractivity contribution in [2.75, 3.05) is 5.73 Å². The van der Waals surface area contributed by atoms with Gasteiger partial charge in [0.05, 0.1) is 16.2 Å². The summed E-state index contributed by atoms with van der Waals surface area (Å²) in [5.41, 5.74) is 8.33. The number of anilines is 1. The lowest BCUT2D eigenvalue weighted by Gasteiger charge is -2.09. The first kappa shape index (κ1) is 12.2. The van der Waals surface area contributed by atoms with Crippen molar-refractivity contribution in [1.82, 2.24) is 9.97 Å². The van der Waals surface area contributed by atoms with Crippen LogP contribution in [0.4, 0.5) is 5.69 Å². The predicted octanol–water partition coefficient (Wildman–Crippen LogP) is 4.03. The number of nitrogens with zero attached hydrogens (tertiary/aromatic N) is 2. The van der Waals surface area contributed by atoms with Gasteiger partial charge in [-0.3, -0.25) is 0 Å². The number of halogens is 1. The number of hydrogen-bond acceptors (Lipinski definition) is 5. The van der Waals surface area contributed by atoms with E-state index in [2.05, 4.69) is 9.97 Å². The molecule has 0 atom stereocenters. The second kappa shape index (κ2) is 4.68. The first-order chi connectivity index (χ1) is 9.16. The van der Waals surface area contributed by atoms with Gasteiger partial charge in [-0.25, -0.2) is 9.97 Å². The number of nitrogen functional groups attached to an aromatic ring is 1. The fourth-order valence-corrected chi connectivity index (χ4v) is 2.90. The van der Waals surface area contributed by atoms with Crippen LogP contribution in [0.3, 0.4) is 0 Å². The minimum absolute atomic E-state index is 0.426. The van der Waals surface area contributed by atoms with Crippen LogP contribution in [0.2, 0.25) is 5.02 Å². The number of hydrogen-bond donors (Lipinski definition) is 1. The van der Waals surface area contributed by atoms with Gasteiger partial charge in [-0.05, 0) is 30.0 Å². The van der Waals surface area contributed by atoms with Gasteiger partial charge in [0.25, 0.3) is 0 Å². The molecule has 0 amide bonds. The molecule has 2 N–H and O–H groups in total. The number of thiophene rings is 1. The third-order valence-electron chi connectivity index (χ3n) is 2.69. The predicted molar refractivity (Wildman–Crippen MR) is 78.1 cm³/mol. The molecule has 6 heteroatoms. The van der Waals surface area contributed by atoms with Crippen molar-refractivity contribution in [3.8, 4) is 11.6 Å². The summed E-state index contributed by atoms with van der Waals surface area (Å²) in [4.78, 5) is 8.40. The summed E-state index contributed by atoms with van der Waals surface area (Å²) in [7, 11) is 0. The Hall–Kier alpha value is -1.85. The largest absolute Gasteiger partial charge is 0.434 e. The number of fused-ring (bicyclic) bond motifs is 1. The van der Waals surface area contributed by atoms with Crippen LogP contribution in [0, 0.1) is 6.92 Å². The molecule has 0 saturated carbocycles. The normalized spacial score (nSPS) is 10.8. The first-order valence-electron chi connectivity index (χ1n) is 5.57. The van der Waals surface area contributed by atoms with Crippen molar-refractivity contribution in [3.63, 3.8) is 0 Å². The molecule has 0 aliphatic rings. The van der Waals surface area contributed by atoms with Gasteiger partial charge in [0.2, 0.25) is 5.88 Å². The molecule has 19 heavy (non-hydrogen) atoms. The maximum Gasteiger partial charge on any atom is 0.240 e. The highest BCUT2D eigenvalue weighted by Gasteiger charge is 2.13. The number of rotatable bonds is 2. The molecular formula is C13H10ClN3OS. The van der Waals surface area contributed by atoms with Crippen molar-refractivity contribution in [3.05, 3.63) is 40.5 Å². The van der Waals surface area contributed by atoms with Gasteiger partial charge in [0.1, 0.15) is 11.0 Å². The molecule has 96 valence electrons. The Morgan fingerprint density at radius 3 is 2.95 bits per heavy atom. The van der Waals surface area contributed by atoms with Crippen LogP contribution in [0.5, 0.6) is 11.6 Å². The van der Waals surface area contributed by atoms with Crippen molar-refractivity contribution in [2.24, 2.45) is 0 Å². The minimum atomic E-state index is 0.426. The monoisotopic (exact) mass is 291 g/mol. The number of para-hydroxylation sites is 1. The minimum Gasteiger partial charge on any atom is -0.434 e. The van der Waals surface area contributed by atoms with Crippen molar-refractivity contribution < 1.29 is 4.74 Å². The Balaban J connectivity index is 2.11. The lowest BCUT2D eigenvalue weighted by Crippen LogP contribution is -1.95. The smallest absolute Gasteiger partial charge is 0.240 e. The molecule has 2 heterocycles. The number of nitrogens with two attached hydrogens (primary N) is 1. The summed E-state index contributed by atoms with van der Waals surface area (Å²) in [5, 5.41) is 2.47. The molecule has 3 rings (SSSR count). The van der Waals surface area contributed by atoms with Gasteiger partial charge >= 0.3 is 0 Å². The summed E-state index contributed by atoms with van der Waals surface area (Å²) in [6, 6.07) is 5.24. The van der Waals surface area contributed by atoms with Gasteiger partial charge in [-0.15, -0.1) is 11.3 Å². The fraction of sp³-hybridized carbons (Fsp3) is 0.0769. The van der Waals surface area contributed by atoms with E-state index in [1.54, 1.807) is 18.2 Å². The average molecular weight is 292 g/mol. The lowest BCUT2D eigenvalue weighted by molar-refractivity contribution is 0.471. The SMILES string of the molecule is Cc1csc2c(Oc3c(N)cccc3Cl)ncnc12. The Bertz CT molecular complexity index is 736.